The van der Waals surface area contributed by atoms with Crippen molar-refractivity contribution in [1.82, 2.24) is 0 Å². The van der Waals surface area contributed by atoms with Gasteiger partial charge in [0.2, 0.25) is 5.91 Å². The number of hydrogen-bond acceptors (Lipinski definition) is 3. The maximum absolute atomic E-state index is 13.8. The summed E-state index contributed by atoms with van der Waals surface area (Å²) < 4.78 is 26.7. The van der Waals surface area contributed by atoms with Crippen molar-refractivity contribution < 1.29 is 18.4 Å². The second-order valence-corrected chi connectivity index (χ2v) is 7.63. The first-order valence-corrected chi connectivity index (χ1v) is 9.69. The van der Waals surface area contributed by atoms with Crippen LogP contribution in [0.15, 0.2) is 77.7 Å². The standard InChI is InChI=1S/C22H18F2N2O2S/c1-14(21(27)25-16-11-9-15(23)10-12-16)29-18-6-4-5-17(13-18)26-22(28)19-7-2-3-8-20(19)24/h2-14H,1H3,(H,25,27)(H,26,28). The molecular formula is C22H18F2N2O2S. The van der Waals surface area contributed by atoms with Gasteiger partial charge in [0, 0.05) is 16.3 Å². The highest BCUT2D eigenvalue weighted by Crippen LogP contribution is 2.27. The smallest absolute Gasteiger partial charge is 0.258 e. The van der Waals surface area contributed by atoms with Gasteiger partial charge in [0.15, 0.2) is 0 Å². The van der Waals surface area contributed by atoms with Crippen LogP contribution < -0.4 is 10.6 Å². The third kappa shape index (κ3) is 5.65. The third-order valence-electron chi connectivity index (χ3n) is 4.00. The highest BCUT2D eigenvalue weighted by Gasteiger charge is 2.16. The van der Waals surface area contributed by atoms with E-state index in [0.717, 1.165) is 4.90 Å². The Morgan fingerprint density at radius 3 is 2.31 bits per heavy atom. The summed E-state index contributed by atoms with van der Waals surface area (Å²) in [6.45, 7) is 1.74. The summed E-state index contributed by atoms with van der Waals surface area (Å²) in [5.41, 5.74) is 0.960. The number of carbonyl (C=O) groups excluding carboxylic acids is 2. The second-order valence-electron chi connectivity index (χ2n) is 6.22. The molecule has 0 aromatic heterocycles. The quantitative estimate of drug-likeness (QED) is 0.538. The van der Waals surface area contributed by atoms with Crippen molar-refractivity contribution in [3.63, 3.8) is 0 Å². The minimum absolute atomic E-state index is 0.0439. The maximum Gasteiger partial charge on any atom is 0.258 e. The van der Waals surface area contributed by atoms with Gasteiger partial charge in [0.25, 0.3) is 5.91 Å². The molecule has 0 radical (unpaired) electrons. The fourth-order valence-corrected chi connectivity index (χ4v) is 3.45. The number of thioether (sulfide) groups is 1. The molecule has 148 valence electrons. The first-order valence-electron chi connectivity index (χ1n) is 8.81. The van der Waals surface area contributed by atoms with Crippen LogP contribution in [0.3, 0.4) is 0 Å². The number of nitrogens with one attached hydrogen (secondary N) is 2. The van der Waals surface area contributed by atoms with Crippen molar-refractivity contribution in [3.05, 3.63) is 90.0 Å². The van der Waals surface area contributed by atoms with Gasteiger partial charge in [-0.2, -0.15) is 0 Å². The van der Waals surface area contributed by atoms with Gasteiger partial charge in [-0.3, -0.25) is 9.59 Å². The van der Waals surface area contributed by atoms with E-state index in [2.05, 4.69) is 10.6 Å². The molecule has 7 heteroatoms. The van der Waals surface area contributed by atoms with E-state index < -0.39 is 17.0 Å². The van der Waals surface area contributed by atoms with Gasteiger partial charge in [-0.1, -0.05) is 18.2 Å². The van der Waals surface area contributed by atoms with Crippen molar-refractivity contribution in [2.45, 2.75) is 17.1 Å². The lowest BCUT2D eigenvalue weighted by molar-refractivity contribution is -0.115. The predicted octanol–water partition coefficient (Wildman–Crippen LogP) is 5.34. The van der Waals surface area contributed by atoms with E-state index in [9.17, 15) is 18.4 Å². The summed E-state index contributed by atoms with van der Waals surface area (Å²) >= 11 is 1.30. The topological polar surface area (TPSA) is 58.2 Å². The summed E-state index contributed by atoms with van der Waals surface area (Å²) in [7, 11) is 0. The lowest BCUT2D eigenvalue weighted by Gasteiger charge is -2.13. The normalized spacial score (nSPS) is 11.6. The van der Waals surface area contributed by atoms with E-state index in [1.807, 2.05) is 6.07 Å². The lowest BCUT2D eigenvalue weighted by atomic mass is 10.2. The van der Waals surface area contributed by atoms with E-state index >= 15 is 0 Å². The van der Waals surface area contributed by atoms with Crippen LogP contribution in [0, 0.1) is 11.6 Å². The Hall–Kier alpha value is -3.19. The van der Waals surface area contributed by atoms with Gasteiger partial charge in [-0.05, 0) is 61.5 Å². The molecule has 3 rings (SSSR count). The highest BCUT2D eigenvalue weighted by atomic mass is 32.2. The summed E-state index contributed by atoms with van der Waals surface area (Å²) in [5.74, 6) is -1.75. The molecule has 0 aliphatic heterocycles. The van der Waals surface area contributed by atoms with Gasteiger partial charge < -0.3 is 10.6 Å². The molecule has 1 atom stereocenters. The average molecular weight is 412 g/mol. The molecule has 3 aromatic rings. The largest absolute Gasteiger partial charge is 0.325 e. The number of hydrogen-bond donors (Lipinski definition) is 2. The number of anilines is 2. The molecule has 0 spiro atoms. The monoisotopic (exact) mass is 412 g/mol. The molecule has 2 amide bonds. The zero-order valence-electron chi connectivity index (χ0n) is 15.5. The van der Waals surface area contributed by atoms with Crippen LogP contribution in [0.2, 0.25) is 0 Å². The molecule has 0 bridgehead atoms. The zero-order chi connectivity index (χ0) is 20.8. The molecule has 29 heavy (non-hydrogen) atoms. The van der Waals surface area contributed by atoms with Crippen LogP contribution in [0.25, 0.3) is 0 Å². The van der Waals surface area contributed by atoms with E-state index in [1.54, 1.807) is 31.2 Å². The molecule has 0 saturated carbocycles. The lowest BCUT2D eigenvalue weighted by Crippen LogP contribution is -2.22. The first-order chi connectivity index (χ1) is 13.9. The van der Waals surface area contributed by atoms with Gasteiger partial charge >= 0.3 is 0 Å². The molecule has 0 saturated heterocycles. The Balaban J connectivity index is 1.63. The van der Waals surface area contributed by atoms with E-state index in [0.29, 0.717) is 11.4 Å². The van der Waals surface area contributed by atoms with E-state index in [-0.39, 0.29) is 17.3 Å². The van der Waals surface area contributed by atoms with Crippen molar-refractivity contribution in [2.75, 3.05) is 10.6 Å². The van der Waals surface area contributed by atoms with Crippen LogP contribution in [0.4, 0.5) is 20.2 Å². The van der Waals surface area contributed by atoms with Crippen molar-refractivity contribution in [2.24, 2.45) is 0 Å². The summed E-state index contributed by atoms with van der Waals surface area (Å²) in [4.78, 5) is 25.4. The fraction of sp³-hybridized carbons (Fsp3) is 0.0909. The third-order valence-corrected chi connectivity index (χ3v) is 5.10. The van der Waals surface area contributed by atoms with Gasteiger partial charge in [-0.15, -0.1) is 11.8 Å². The molecule has 2 N–H and O–H groups in total. The summed E-state index contributed by atoms with van der Waals surface area (Å²) in [6.07, 6.45) is 0. The number of halogens is 2. The van der Waals surface area contributed by atoms with Crippen LogP contribution in [0.5, 0.6) is 0 Å². The first kappa shape index (κ1) is 20.5. The minimum atomic E-state index is -0.596. The Kier molecular flexibility index (Phi) is 6.61. The summed E-state index contributed by atoms with van der Waals surface area (Å²) in [6, 6.07) is 18.2. The van der Waals surface area contributed by atoms with Crippen LogP contribution in [-0.2, 0) is 4.79 Å². The minimum Gasteiger partial charge on any atom is -0.325 e. The molecule has 4 nitrogen and oxygen atoms in total. The van der Waals surface area contributed by atoms with Crippen LogP contribution in [-0.4, -0.2) is 17.1 Å². The maximum atomic E-state index is 13.8. The number of benzene rings is 3. The molecule has 1 unspecified atom stereocenters. The van der Waals surface area contributed by atoms with E-state index in [1.165, 1.54) is 54.2 Å². The fourth-order valence-electron chi connectivity index (χ4n) is 2.53. The summed E-state index contributed by atoms with van der Waals surface area (Å²) in [5, 5.41) is 4.95. The average Bonchev–Trinajstić information content (AvgIpc) is 2.70. The van der Waals surface area contributed by atoms with E-state index in [4.69, 9.17) is 0 Å². The van der Waals surface area contributed by atoms with Crippen molar-refractivity contribution in [3.8, 4) is 0 Å². The molecular weight excluding hydrogens is 394 g/mol. The second kappa shape index (κ2) is 9.34. The Morgan fingerprint density at radius 2 is 1.59 bits per heavy atom. The molecule has 3 aromatic carbocycles. The molecule has 0 aliphatic rings. The molecule has 0 heterocycles. The van der Waals surface area contributed by atoms with Crippen molar-refractivity contribution >= 4 is 35.0 Å². The number of rotatable bonds is 6. The van der Waals surface area contributed by atoms with Gasteiger partial charge in [-0.25, -0.2) is 8.78 Å². The number of carbonyl (C=O) groups is 2. The molecule has 0 fully saturated rings. The molecule has 0 aliphatic carbocycles. The Morgan fingerprint density at radius 1 is 0.862 bits per heavy atom. The zero-order valence-corrected chi connectivity index (χ0v) is 16.3. The van der Waals surface area contributed by atoms with Crippen LogP contribution in [0.1, 0.15) is 17.3 Å². The number of amides is 2. The Labute approximate surface area is 171 Å². The van der Waals surface area contributed by atoms with Crippen LogP contribution >= 0.6 is 11.8 Å². The predicted molar refractivity (Wildman–Crippen MR) is 111 cm³/mol. The Bertz CT molecular complexity index is 1030. The van der Waals surface area contributed by atoms with Gasteiger partial charge in [0.05, 0.1) is 10.8 Å². The SMILES string of the molecule is CC(Sc1cccc(NC(=O)c2ccccc2F)c1)C(=O)Nc1ccc(F)cc1. The van der Waals surface area contributed by atoms with Crippen molar-refractivity contribution in [1.29, 1.82) is 0 Å². The highest BCUT2D eigenvalue weighted by molar-refractivity contribution is 8.00. The van der Waals surface area contributed by atoms with Gasteiger partial charge in [0.1, 0.15) is 11.6 Å².